The van der Waals surface area contributed by atoms with Crippen molar-refractivity contribution in [2.45, 2.75) is 24.2 Å². The fourth-order valence-electron chi connectivity index (χ4n) is 4.10. The fourth-order valence-corrected chi connectivity index (χ4v) is 5.08. The number of ether oxygens (including phenoxy) is 3. The van der Waals surface area contributed by atoms with Crippen LogP contribution in [0.1, 0.15) is 27.2 Å². The van der Waals surface area contributed by atoms with Crippen LogP contribution in [-0.2, 0) is 29.4 Å². The maximum absolute atomic E-state index is 13.6. The highest BCUT2D eigenvalue weighted by Crippen LogP contribution is 2.35. The van der Waals surface area contributed by atoms with Crippen molar-refractivity contribution < 1.29 is 49.2 Å². The molecular weight excluding hydrogens is 567 g/mol. The molecule has 13 heteroatoms. The first-order chi connectivity index (χ1) is 19.5. The predicted octanol–water partition coefficient (Wildman–Crippen LogP) is 5.65. The molecule has 0 radical (unpaired) electrons. The topological polar surface area (TPSA) is 105 Å². The molecule has 1 aliphatic rings. The number of halogens is 3. The van der Waals surface area contributed by atoms with Crippen LogP contribution in [0.4, 0.5) is 13.2 Å². The van der Waals surface area contributed by atoms with Crippen molar-refractivity contribution in [1.82, 2.24) is 4.90 Å². The van der Waals surface area contributed by atoms with E-state index in [0.29, 0.717) is 34.5 Å². The summed E-state index contributed by atoms with van der Waals surface area (Å²) in [4.78, 5) is 14.3. The molecule has 0 atom stereocenters. The molecule has 0 bridgehead atoms. The Balaban J connectivity index is 1.44. The van der Waals surface area contributed by atoms with Crippen molar-refractivity contribution in [3.63, 3.8) is 0 Å². The van der Waals surface area contributed by atoms with Gasteiger partial charge in [-0.15, -0.1) is 0 Å². The minimum Gasteiger partial charge on any atom is -0.493 e. The lowest BCUT2D eigenvalue weighted by atomic mass is 10.1. The Morgan fingerprint density at radius 3 is 2.46 bits per heavy atom. The number of alkyl halides is 3. The summed E-state index contributed by atoms with van der Waals surface area (Å²) in [6.45, 7) is 0.101. The van der Waals surface area contributed by atoms with Crippen LogP contribution in [-0.4, -0.2) is 33.1 Å². The maximum Gasteiger partial charge on any atom is 0.416 e. The van der Waals surface area contributed by atoms with Crippen LogP contribution in [0.5, 0.6) is 23.0 Å². The van der Waals surface area contributed by atoms with E-state index in [1.807, 2.05) is 0 Å². The highest BCUT2D eigenvalue weighted by atomic mass is 32.2. The van der Waals surface area contributed by atoms with E-state index in [4.69, 9.17) is 22.8 Å². The second kappa shape index (κ2) is 11.1. The predicted molar refractivity (Wildman–Crippen MR) is 137 cm³/mol. The summed E-state index contributed by atoms with van der Waals surface area (Å²) in [6, 6.07) is 15.7. The molecule has 0 unspecified atom stereocenters. The summed E-state index contributed by atoms with van der Waals surface area (Å²) in [5, 5.41) is 0. The van der Waals surface area contributed by atoms with Gasteiger partial charge >= 0.3 is 16.3 Å². The van der Waals surface area contributed by atoms with Crippen molar-refractivity contribution in [2.75, 3.05) is 13.9 Å². The maximum atomic E-state index is 13.6. The Hall–Kier alpha value is -4.65. The Bertz CT molecular complexity index is 1670. The smallest absolute Gasteiger partial charge is 0.416 e. The molecule has 0 saturated carbocycles. The highest BCUT2D eigenvalue weighted by Gasteiger charge is 2.32. The zero-order valence-corrected chi connectivity index (χ0v) is 22.2. The average molecular weight is 590 g/mol. The van der Waals surface area contributed by atoms with Gasteiger partial charge < -0.3 is 27.7 Å². The van der Waals surface area contributed by atoms with E-state index in [1.165, 1.54) is 30.4 Å². The van der Waals surface area contributed by atoms with Crippen LogP contribution >= 0.6 is 0 Å². The molecule has 0 saturated heterocycles. The SMILES string of the molecule is COc1ccc(CN(Cc2ccco2)C(=O)c2ccc3c(c2)OCO3)cc1OS(=O)(=O)c1cccc(C(F)(F)F)c1. The first-order valence-electron chi connectivity index (χ1n) is 12.0. The monoisotopic (exact) mass is 589 g/mol. The Labute approximate surface area is 232 Å². The Morgan fingerprint density at radius 2 is 1.73 bits per heavy atom. The molecule has 1 aromatic heterocycles. The van der Waals surface area contributed by atoms with E-state index in [1.54, 1.807) is 36.4 Å². The van der Waals surface area contributed by atoms with E-state index in [9.17, 15) is 26.4 Å². The minimum absolute atomic E-state index is 0.0159. The Kier molecular flexibility index (Phi) is 7.54. The zero-order chi connectivity index (χ0) is 29.2. The average Bonchev–Trinajstić information content (AvgIpc) is 3.64. The number of methoxy groups -OCH3 is 1. The van der Waals surface area contributed by atoms with E-state index < -0.39 is 26.8 Å². The third-order valence-corrected chi connectivity index (χ3v) is 7.31. The lowest BCUT2D eigenvalue weighted by molar-refractivity contribution is -0.137. The van der Waals surface area contributed by atoms with E-state index in [-0.39, 0.29) is 37.3 Å². The number of furan rings is 1. The molecule has 1 aliphatic heterocycles. The summed E-state index contributed by atoms with van der Waals surface area (Å²) in [5.74, 6) is 0.803. The van der Waals surface area contributed by atoms with Gasteiger partial charge in [-0.3, -0.25) is 4.79 Å². The van der Waals surface area contributed by atoms with Gasteiger partial charge in [0.2, 0.25) is 6.79 Å². The summed E-state index contributed by atoms with van der Waals surface area (Å²) >= 11 is 0. The molecule has 214 valence electrons. The van der Waals surface area contributed by atoms with Crippen LogP contribution in [0.15, 0.2) is 88.4 Å². The summed E-state index contributed by atoms with van der Waals surface area (Å²) in [5.41, 5.74) is -0.378. The fraction of sp³-hybridized carbons (Fsp3) is 0.179. The number of fused-ring (bicyclic) bond motifs is 1. The lowest BCUT2D eigenvalue weighted by Crippen LogP contribution is -2.30. The lowest BCUT2D eigenvalue weighted by Gasteiger charge is -2.23. The molecule has 0 aliphatic carbocycles. The number of carbonyl (C=O) groups is 1. The summed E-state index contributed by atoms with van der Waals surface area (Å²) < 4.78 is 91.9. The van der Waals surface area contributed by atoms with Gasteiger partial charge in [0, 0.05) is 12.1 Å². The molecule has 2 heterocycles. The first-order valence-corrected chi connectivity index (χ1v) is 13.4. The van der Waals surface area contributed by atoms with Gasteiger partial charge in [-0.25, -0.2) is 0 Å². The van der Waals surface area contributed by atoms with E-state index >= 15 is 0 Å². The first kappa shape index (κ1) is 27.9. The van der Waals surface area contributed by atoms with Crippen LogP contribution in [0.3, 0.4) is 0 Å². The van der Waals surface area contributed by atoms with Gasteiger partial charge in [0.15, 0.2) is 23.0 Å². The number of amides is 1. The largest absolute Gasteiger partial charge is 0.493 e. The van der Waals surface area contributed by atoms with Crippen molar-refractivity contribution in [3.05, 3.63) is 102 Å². The van der Waals surface area contributed by atoms with E-state index in [0.717, 1.165) is 18.2 Å². The quantitative estimate of drug-likeness (QED) is 0.231. The van der Waals surface area contributed by atoms with Crippen LogP contribution in [0, 0.1) is 0 Å². The third kappa shape index (κ3) is 6.24. The molecule has 0 fully saturated rings. The minimum atomic E-state index is -4.74. The number of hydrogen-bond donors (Lipinski definition) is 0. The molecule has 5 rings (SSSR count). The van der Waals surface area contributed by atoms with Gasteiger partial charge in [-0.1, -0.05) is 12.1 Å². The van der Waals surface area contributed by atoms with Crippen LogP contribution < -0.4 is 18.4 Å². The van der Waals surface area contributed by atoms with Crippen LogP contribution in [0.2, 0.25) is 0 Å². The van der Waals surface area contributed by atoms with Crippen molar-refractivity contribution in [2.24, 2.45) is 0 Å². The van der Waals surface area contributed by atoms with Gasteiger partial charge in [0.05, 0.1) is 25.5 Å². The van der Waals surface area contributed by atoms with E-state index in [2.05, 4.69) is 0 Å². The number of rotatable bonds is 9. The standard InChI is InChI=1S/C28H22F3NO8S/c1-36-23-9-7-18(12-26(23)40-41(34,35)22-6-2-4-20(14-22)28(29,30)31)15-32(16-21-5-3-11-37-21)27(33)19-8-10-24-25(13-19)39-17-38-24/h2-14H,15-17H2,1H3. The molecule has 0 spiro atoms. The molecule has 4 aromatic rings. The molecule has 3 aromatic carbocycles. The third-order valence-electron chi connectivity index (χ3n) is 6.08. The van der Waals surface area contributed by atoms with Gasteiger partial charge in [0.25, 0.3) is 5.91 Å². The second-order valence-corrected chi connectivity index (χ2v) is 10.4. The van der Waals surface area contributed by atoms with Crippen molar-refractivity contribution in [1.29, 1.82) is 0 Å². The normalized spacial score (nSPS) is 12.7. The number of carbonyl (C=O) groups excluding carboxylic acids is 1. The summed E-state index contributed by atoms with van der Waals surface area (Å²) in [7, 11) is -3.40. The molecule has 9 nitrogen and oxygen atoms in total. The molecule has 0 N–H and O–H groups in total. The molecule has 1 amide bonds. The Morgan fingerprint density at radius 1 is 0.927 bits per heavy atom. The van der Waals surface area contributed by atoms with Gasteiger partial charge in [0.1, 0.15) is 10.7 Å². The summed E-state index contributed by atoms with van der Waals surface area (Å²) in [6.07, 6.45) is -3.28. The number of hydrogen-bond acceptors (Lipinski definition) is 8. The molecular formula is C28H22F3NO8S. The van der Waals surface area contributed by atoms with Gasteiger partial charge in [-0.2, -0.15) is 21.6 Å². The zero-order valence-electron chi connectivity index (χ0n) is 21.4. The second-order valence-electron chi connectivity index (χ2n) is 8.86. The number of nitrogens with zero attached hydrogens (tertiary/aromatic N) is 1. The molecule has 41 heavy (non-hydrogen) atoms. The van der Waals surface area contributed by atoms with Crippen molar-refractivity contribution in [3.8, 4) is 23.0 Å². The number of benzene rings is 3. The van der Waals surface area contributed by atoms with Gasteiger partial charge in [-0.05, 0) is 66.2 Å². The van der Waals surface area contributed by atoms with Crippen molar-refractivity contribution >= 4 is 16.0 Å². The highest BCUT2D eigenvalue weighted by molar-refractivity contribution is 7.87. The van der Waals surface area contributed by atoms with Crippen LogP contribution in [0.25, 0.3) is 0 Å².